The fraction of sp³-hybridized carbons (Fsp3) is 0.350. The van der Waals surface area contributed by atoms with E-state index < -0.39 is 6.09 Å². The third-order valence-electron chi connectivity index (χ3n) is 4.97. The summed E-state index contributed by atoms with van der Waals surface area (Å²) >= 11 is 0. The van der Waals surface area contributed by atoms with Crippen LogP contribution < -0.4 is 10.6 Å². The highest BCUT2D eigenvalue weighted by atomic mass is 19.1. The van der Waals surface area contributed by atoms with E-state index in [1.807, 2.05) is 36.4 Å². The smallest absolute Gasteiger partial charge is 0.405 e. The molecule has 2 aromatic rings. The first-order valence-corrected chi connectivity index (χ1v) is 8.64. The maximum Gasteiger partial charge on any atom is 0.405 e. The van der Waals surface area contributed by atoms with E-state index in [1.54, 1.807) is 0 Å². The lowest BCUT2D eigenvalue weighted by molar-refractivity contribution is 0.187. The van der Waals surface area contributed by atoms with Crippen LogP contribution in [0.3, 0.4) is 0 Å². The van der Waals surface area contributed by atoms with Crippen molar-refractivity contribution in [1.82, 2.24) is 10.6 Å². The van der Waals surface area contributed by atoms with Crippen molar-refractivity contribution in [2.24, 2.45) is 0 Å². The Hall–Kier alpha value is -2.40. The predicted molar refractivity (Wildman–Crippen MR) is 95.3 cm³/mol. The molecule has 2 aromatic carbocycles. The lowest BCUT2D eigenvalue weighted by Gasteiger charge is -2.25. The normalized spacial score (nSPS) is 20.1. The summed E-state index contributed by atoms with van der Waals surface area (Å²) < 4.78 is 13.1. The first kappa shape index (κ1) is 17.4. The molecule has 0 unspecified atom stereocenters. The molecule has 0 saturated carbocycles. The van der Waals surface area contributed by atoms with Crippen LogP contribution in [0.5, 0.6) is 0 Å². The van der Waals surface area contributed by atoms with E-state index >= 15 is 0 Å². The molecular formula is C20H23FN2O2. The second kappa shape index (κ2) is 7.66. The molecule has 0 aliphatic heterocycles. The first-order chi connectivity index (χ1) is 12.1. The molecule has 0 bridgehead atoms. The Bertz CT molecular complexity index is 733. The van der Waals surface area contributed by atoms with Crippen molar-refractivity contribution in [1.29, 1.82) is 0 Å². The second-order valence-corrected chi connectivity index (χ2v) is 6.50. The Balaban J connectivity index is 1.70. The average Bonchev–Trinajstić information content (AvgIpc) is 2.94. The van der Waals surface area contributed by atoms with E-state index in [1.165, 1.54) is 17.7 Å². The highest BCUT2D eigenvalue weighted by molar-refractivity contribution is 5.66. The molecule has 5 heteroatoms. The number of rotatable bonds is 6. The molecule has 25 heavy (non-hydrogen) atoms. The Morgan fingerprint density at radius 1 is 1.24 bits per heavy atom. The molecule has 0 saturated heterocycles. The quantitative estimate of drug-likeness (QED) is 0.747. The summed E-state index contributed by atoms with van der Waals surface area (Å²) in [5.74, 6) is 0.0262. The van der Waals surface area contributed by atoms with Gasteiger partial charge in [-0.1, -0.05) is 43.3 Å². The SMILES string of the molecule is CC[C@H](CN[C@H]1Cc2ccccc2[C@@H]1NC(=O)O)c1ccc(F)cc1. The van der Waals surface area contributed by atoms with Gasteiger partial charge in [0, 0.05) is 12.6 Å². The van der Waals surface area contributed by atoms with Gasteiger partial charge >= 0.3 is 6.09 Å². The fourth-order valence-corrected chi connectivity index (χ4v) is 3.62. The molecule has 1 aliphatic carbocycles. The van der Waals surface area contributed by atoms with Gasteiger partial charge < -0.3 is 15.7 Å². The van der Waals surface area contributed by atoms with Crippen LogP contribution in [0.2, 0.25) is 0 Å². The van der Waals surface area contributed by atoms with Crippen LogP contribution in [0.25, 0.3) is 0 Å². The third kappa shape index (κ3) is 3.99. The van der Waals surface area contributed by atoms with E-state index in [0.717, 1.165) is 30.5 Å². The molecule has 1 aliphatic rings. The van der Waals surface area contributed by atoms with Crippen molar-refractivity contribution in [3.63, 3.8) is 0 Å². The summed E-state index contributed by atoms with van der Waals surface area (Å²) in [4.78, 5) is 11.2. The van der Waals surface area contributed by atoms with Gasteiger partial charge in [-0.3, -0.25) is 0 Å². The Labute approximate surface area is 147 Å². The van der Waals surface area contributed by atoms with E-state index in [0.29, 0.717) is 0 Å². The summed E-state index contributed by atoms with van der Waals surface area (Å²) in [7, 11) is 0. The van der Waals surface area contributed by atoms with E-state index in [-0.39, 0.29) is 23.8 Å². The molecule has 0 aromatic heterocycles. The maximum absolute atomic E-state index is 13.1. The molecule has 132 valence electrons. The topological polar surface area (TPSA) is 61.4 Å². The van der Waals surface area contributed by atoms with Gasteiger partial charge in [-0.2, -0.15) is 0 Å². The average molecular weight is 342 g/mol. The summed E-state index contributed by atoms with van der Waals surface area (Å²) in [6, 6.07) is 14.3. The van der Waals surface area contributed by atoms with Gasteiger partial charge in [0.1, 0.15) is 5.82 Å². The van der Waals surface area contributed by atoms with E-state index in [2.05, 4.69) is 17.6 Å². The molecule has 0 heterocycles. The van der Waals surface area contributed by atoms with Crippen molar-refractivity contribution in [3.05, 3.63) is 71.0 Å². The molecule has 0 fully saturated rings. The molecule has 3 N–H and O–H groups in total. The van der Waals surface area contributed by atoms with Gasteiger partial charge in [0.25, 0.3) is 0 Å². The highest BCUT2D eigenvalue weighted by Crippen LogP contribution is 2.32. The number of halogens is 1. The summed E-state index contributed by atoms with van der Waals surface area (Å²) in [5.41, 5.74) is 3.31. The van der Waals surface area contributed by atoms with Gasteiger partial charge in [0.2, 0.25) is 0 Å². The van der Waals surface area contributed by atoms with E-state index in [9.17, 15) is 14.3 Å². The Morgan fingerprint density at radius 3 is 2.64 bits per heavy atom. The van der Waals surface area contributed by atoms with Crippen LogP contribution in [0, 0.1) is 5.82 Å². The summed E-state index contributed by atoms with van der Waals surface area (Å²) in [6.45, 7) is 2.82. The van der Waals surface area contributed by atoms with Crippen molar-refractivity contribution in [3.8, 4) is 0 Å². The number of amides is 1. The van der Waals surface area contributed by atoms with Gasteiger partial charge in [-0.15, -0.1) is 0 Å². The zero-order valence-electron chi connectivity index (χ0n) is 14.2. The van der Waals surface area contributed by atoms with Crippen LogP contribution in [-0.4, -0.2) is 23.8 Å². The largest absolute Gasteiger partial charge is 0.465 e. The van der Waals surface area contributed by atoms with Crippen LogP contribution in [0.15, 0.2) is 48.5 Å². The van der Waals surface area contributed by atoms with Crippen LogP contribution in [0.1, 0.15) is 42.0 Å². The zero-order chi connectivity index (χ0) is 17.8. The highest BCUT2D eigenvalue weighted by Gasteiger charge is 2.33. The van der Waals surface area contributed by atoms with Crippen molar-refractivity contribution >= 4 is 6.09 Å². The molecular weight excluding hydrogens is 319 g/mol. The van der Waals surface area contributed by atoms with Crippen LogP contribution in [-0.2, 0) is 6.42 Å². The minimum absolute atomic E-state index is 0.0167. The maximum atomic E-state index is 13.1. The van der Waals surface area contributed by atoms with Crippen molar-refractivity contribution in [2.45, 2.75) is 37.8 Å². The number of hydrogen-bond acceptors (Lipinski definition) is 2. The second-order valence-electron chi connectivity index (χ2n) is 6.50. The van der Waals surface area contributed by atoms with Gasteiger partial charge in [0.15, 0.2) is 0 Å². The minimum atomic E-state index is -1.01. The van der Waals surface area contributed by atoms with Crippen LogP contribution >= 0.6 is 0 Å². The molecule has 0 radical (unpaired) electrons. The van der Waals surface area contributed by atoms with Crippen molar-refractivity contribution in [2.75, 3.05) is 6.54 Å². The molecule has 3 atom stereocenters. The number of nitrogens with one attached hydrogen (secondary N) is 2. The van der Waals surface area contributed by atoms with Crippen LogP contribution in [0.4, 0.5) is 9.18 Å². The van der Waals surface area contributed by atoms with Gasteiger partial charge in [-0.25, -0.2) is 9.18 Å². The molecule has 3 rings (SSSR count). The molecule has 0 spiro atoms. The summed E-state index contributed by atoms with van der Waals surface area (Å²) in [5, 5.41) is 15.3. The lowest BCUT2D eigenvalue weighted by atomic mass is 9.95. The number of hydrogen-bond donors (Lipinski definition) is 3. The van der Waals surface area contributed by atoms with Crippen molar-refractivity contribution < 1.29 is 14.3 Å². The lowest BCUT2D eigenvalue weighted by Crippen LogP contribution is -2.42. The number of carboxylic acid groups (broad SMARTS) is 1. The van der Waals surface area contributed by atoms with Gasteiger partial charge in [-0.05, 0) is 47.6 Å². The zero-order valence-corrected chi connectivity index (χ0v) is 14.2. The Kier molecular flexibility index (Phi) is 5.34. The monoisotopic (exact) mass is 342 g/mol. The van der Waals surface area contributed by atoms with Gasteiger partial charge in [0.05, 0.1) is 6.04 Å². The fourth-order valence-electron chi connectivity index (χ4n) is 3.62. The first-order valence-electron chi connectivity index (χ1n) is 8.64. The molecule has 4 nitrogen and oxygen atoms in total. The number of fused-ring (bicyclic) bond motifs is 1. The predicted octanol–water partition coefficient (Wildman–Crippen LogP) is 3.84. The third-order valence-corrected chi connectivity index (χ3v) is 4.97. The molecule has 1 amide bonds. The van der Waals surface area contributed by atoms with E-state index in [4.69, 9.17) is 0 Å². The number of carbonyl (C=O) groups is 1. The Morgan fingerprint density at radius 2 is 1.96 bits per heavy atom. The minimum Gasteiger partial charge on any atom is -0.465 e. The summed E-state index contributed by atoms with van der Waals surface area (Å²) in [6.07, 6.45) is 0.704. The standard InChI is InChI=1S/C20H23FN2O2/c1-2-13(14-7-9-16(21)10-8-14)12-22-18-11-15-5-3-4-6-17(15)19(18)23-20(24)25/h3-10,13,18-19,22-23H,2,11-12H2,1H3,(H,24,25)/t13-,18+,19+/m1/s1. The number of benzene rings is 2.